The molecule has 6 nitrogen and oxygen atoms in total. The summed E-state index contributed by atoms with van der Waals surface area (Å²) < 4.78 is 14.6. The molecule has 2 heterocycles. The van der Waals surface area contributed by atoms with Crippen molar-refractivity contribution in [3.63, 3.8) is 0 Å². The highest BCUT2D eigenvalue weighted by Gasteiger charge is 2.32. The number of hydrogen-bond donors (Lipinski definition) is 0. The Hall–Kier alpha value is -2.93. The molecule has 1 saturated heterocycles. The molecule has 33 heavy (non-hydrogen) atoms. The van der Waals surface area contributed by atoms with E-state index in [4.69, 9.17) is 11.6 Å². The van der Waals surface area contributed by atoms with E-state index in [9.17, 15) is 14.0 Å². The van der Waals surface area contributed by atoms with Gasteiger partial charge in [-0.1, -0.05) is 24.1 Å². The molecule has 3 aliphatic rings. The first-order chi connectivity index (χ1) is 16.0. The maximum atomic E-state index is 14.6. The minimum atomic E-state index is -0.527. The van der Waals surface area contributed by atoms with Crippen molar-refractivity contribution in [2.24, 2.45) is 10.9 Å². The zero-order valence-corrected chi connectivity index (χ0v) is 19.1. The third-order valence-corrected chi connectivity index (χ3v) is 7.02. The van der Waals surface area contributed by atoms with Crippen LogP contribution >= 0.6 is 11.6 Å². The predicted molar refractivity (Wildman–Crippen MR) is 126 cm³/mol. The SMILES string of the molecule is O=C(c1cc(CN2CN=Cc3cc(Cl)ccc32)ccc1F)N1CCN(C(=O)C2CCC2)CC1. The first-order valence-electron chi connectivity index (χ1n) is 11.4. The number of carbonyl (C=O) groups is 2. The van der Waals surface area contributed by atoms with Gasteiger partial charge in [0.25, 0.3) is 5.91 Å². The Morgan fingerprint density at radius 1 is 1.03 bits per heavy atom. The molecule has 1 aliphatic carbocycles. The van der Waals surface area contributed by atoms with Gasteiger partial charge in [-0.15, -0.1) is 0 Å². The molecule has 2 fully saturated rings. The summed E-state index contributed by atoms with van der Waals surface area (Å²) in [5.74, 6) is -0.497. The van der Waals surface area contributed by atoms with Gasteiger partial charge < -0.3 is 14.7 Å². The van der Waals surface area contributed by atoms with Crippen LogP contribution in [0.5, 0.6) is 0 Å². The van der Waals surface area contributed by atoms with Crippen LogP contribution in [-0.4, -0.2) is 60.7 Å². The van der Waals surface area contributed by atoms with Crippen molar-refractivity contribution in [3.8, 4) is 0 Å². The fourth-order valence-electron chi connectivity index (χ4n) is 4.63. The van der Waals surface area contributed by atoms with Gasteiger partial charge in [0.1, 0.15) is 12.5 Å². The molecule has 0 atom stereocenters. The van der Waals surface area contributed by atoms with E-state index in [1.54, 1.807) is 23.2 Å². The van der Waals surface area contributed by atoms with Crippen molar-refractivity contribution >= 4 is 35.3 Å². The summed E-state index contributed by atoms with van der Waals surface area (Å²) in [6.07, 6.45) is 4.85. The van der Waals surface area contributed by atoms with Crippen molar-refractivity contribution in [2.75, 3.05) is 37.7 Å². The zero-order valence-electron chi connectivity index (χ0n) is 18.3. The lowest BCUT2D eigenvalue weighted by molar-refractivity contribution is -0.139. The number of amides is 2. The predicted octanol–water partition coefficient (Wildman–Crippen LogP) is 3.96. The molecule has 2 aromatic rings. The van der Waals surface area contributed by atoms with Crippen molar-refractivity contribution in [3.05, 3.63) is 63.9 Å². The number of fused-ring (bicyclic) bond motifs is 1. The lowest BCUT2D eigenvalue weighted by Gasteiger charge is -2.38. The quantitative estimate of drug-likeness (QED) is 0.682. The fourth-order valence-corrected chi connectivity index (χ4v) is 4.82. The van der Waals surface area contributed by atoms with E-state index < -0.39 is 5.82 Å². The molecule has 0 aromatic heterocycles. The van der Waals surface area contributed by atoms with Gasteiger partial charge in [-0.25, -0.2) is 4.39 Å². The number of hydrogen-bond acceptors (Lipinski definition) is 4. The standard InChI is InChI=1S/C25H26ClFN4O2/c26-20-5-7-23-19(13-20)14-28-16-31(23)15-17-4-6-22(27)21(12-17)25(33)30-10-8-29(9-11-30)24(32)18-2-1-3-18/h4-7,12-14,18H,1-3,8-11,15-16H2. The smallest absolute Gasteiger partial charge is 0.256 e. The van der Waals surface area contributed by atoms with Gasteiger partial charge in [-0.2, -0.15) is 0 Å². The van der Waals surface area contributed by atoms with E-state index in [1.165, 1.54) is 6.07 Å². The summed E-state index contributed by atoms with van der Waals surface area (Å²) in [6.45, 7) is 2.84. The van der Waals surface area contributed by atoms with Crippen molar-refractivity contribution in [1.82, 2.24) is 9.80 Å². The maximum Gasteiger partial charge on any atom is 0.256 e. The molecular weight excluding hydrogens is 443 g/mol. The Morgan fingerprint density at radius 3 is 2.52 bits per heavy atom. The second-order valence-electron chi connectivity index (χ2n) is 8.91. The number of aliphatic imine (C=N–C) groups is 1. The Bertz CT molecular complexity index is 1110. The Morgan fingerprint density at radius 2 is 1.79 bits per heavy atom. The highest BCUT2D eigenvalue weighted by atomic mass is 35.5. The molecule has 0 spiro atoms. The lowest BCUT2D eigenvalue weighted by Crippen LogP contribution is -2.52. The third-order valence-electron chi connectivity index (χ3n) is 6.78. The number of benzene rings is 2. The molecule has 0 radical (unpaired) electrons. The second kappa shape index (κ2) is 9.14. The third kappa shape index (κ3) is 4.47. The van der Waals surface area contributed by atoms with Crippen molar-refractivity contribution in [1.29, 1.82) is 0 Å². The average molecular weight is 469 g/mol. The zero-order chi connectivity index (χ0) is 22.9. The monoisotopic (exact) mass is 468 g/mol. The maximum absolute atomic E-state index is 14.6. The van der Waals surface area contributed by atoms with Crippen LogP contribution in [0.1, 0.15) is 40.7 Å². The first-order valence-corrected chi connectivity index (χ1v) is 11.8. The van der Waals surface area contributed by atoms with Crippen LogP contribution in [-0.2, 0) is 11.3 Å². The molecule has 0 bridgehead atoms. The first kappa shape index (κ1) is 21.9. The Balaban J connectivity index is 1.27. The minimum absolute atomic E-state index is 0.0723. The summed E-state index contributed by atoms with van der Waals surface area (Å²) in [5.41, 5.74) is 2.83. The molecule has 8 heteroatoms. The van der Waals surface area contributed by atoms with Gasteiger partial charge in [-0.3, -0.25) is 14.6 Å². The topological polar surface area (TPSA) is 56.2 Å². The lowest BCUT2D eigenvalue weighted by atomic mass is 9.84. The summed E-state index contributed by atoms with van der Waals surface area (Å²) in [4.78, 5) is 35.5. The molecule has 1 saturated carbocycles. The Kier molecular flexibility index (Phi) is 6.06. The number of nitrogens with zero attached hydrogens (tertiary/aromatic N) is 4. The van der Waals surface area contributed by atoms with Crippen LogP contribution in [0.2, 0.25) is 5.02 Å². The van der Waals surface area contributed by atoms with Gasteiger partial charge in [0.05, 0.1) is 5.56 Å². The molecule has 2 amide bonds. The molecule has 5 rings (SSSR count). The number of piperazine rings is 1. The van der Waals surface area contributed by atoms with Gasteiger partial charge in [0, 0.05) is 61.1 Å². The van der Waals surface area contributed by atoms with Crippen LogP contribution in [0.25, 0.3) is 0 Å². The fraction of sp³-hybridized carbons (Fsp3) is 0.400. The average Bonchev–Trinajstić information content (AvgIpc) is 2.79. The molecule has 2 aliphatic heterocycles. The largest absolute Gasteiger partial charge is 0.347 e. The normalized spacial score (nSPS) is 18.2. The number of rotatable bonds is 4. The van der Waals surface area contributed by atoms with E-state index >= 15 is 0 Å². The summed E-state index contributed by atoms with van der Waals surface area (Å²) in [5, 5.41) is 0.645. The molecule has 0 N–H and O–H groups in total. The molecule has 172 valence electrons. The molecular formula is C25H26ClFN4O2. The number of halogens is 2. The molecule has 2 aromatic carbocycles. The highest BCUT2D eigenvalue weighted by molar-refractivity contribution is 6.31. The van der Waals surface area contributed by atoms with Crippen molar-refractivity contribution in [2.45, 2.75) is 25.8 Å². The Labute approximate surface area is 197 Å². The van der Waals surface area contributed by atoms with Crippen LogP contribution in [0.3, 0.4) is 0 Å². The van der Waals surface area contributed by atoms with E-state index in [0.29, 0.717) is 44.4 Å². The van der Waals surface area contributed by atoms with E-state index in [0.717, 1.165) is 36.1 Å². The van der Waals surface area contributed by atoms with Crippen molar-refractivity contribution < 1.29 is 14.0 Å². The van der Waals surface area contributed by atoms with Crippen LogP contribution in [0.15, 0.2) is 41.4 Å². The van der Waals surface area contributed by atoms with Gasteiger partial charge in [0.15, 0.2) is 0 Å². The van der Waals surface area contributed by atoms with E-state index in [-0.39, 0.29) is 23.3 Å². The van der Waals surface area contributed by atoms with Gasteiger partial charge in [-0.05, 0) is 48.7 Å². The van der Waals surface area contributed by atoms with Gasteiger partial charge >= 0.3 is 0 Å². The summed E-state index contributed by atoms with van der Waals surface area (Å²) >= 11 is 6.10. The minimum Gasteiger partial charge on any atom is -0.347 e. The number of anilines is 1. The van der Waals surface area contributed by atoms with Crippen LogP contribution in [0.4, 0.5) is 10.1 Å². The van der Waals surface area contributed by atoms with E-state index in [2.05, 4.69) is 9.89 Å². The second-order valence-corrected chi connectivity index (χ2v) is 9.35. The van der Waals surface area contributed by atoms with Crippen LogP contribution in [0, 0.1) is 11.7 Å². The van der Waals surface area contributed by atoms with Crippen LogP contribution < -0.4 is 4.90 Å². The van der Waals surface area contributed by atoms with Gasteiger partial charge in [0.2, 0.25) is 5.91 Å². The number of carbonyl (C=O) groups excluding carboxylic acids is 2. The molecule has 0 unspecified atom stereocenters. The van der Waals surface area contributed by atoms with E-state index in [1.807, 2.05) is 23.1 Å². The summed E-state index contributed by atoms with van der Waals surface area (Å²) in [6, 6.07) is 10.3. The highest BCUT2D eigenvalue weighted by Crippen LogP contribution is 2.29. The summed E-state index contributed by atoms with van der Waals surface area (Å²) in [7, 11) is 0.